The summed E-state index contributed by atoms with van der Waals surface area (Å²) < 4.78 is 1.51. The Morgan fingerprint density at radius 3 is 2.92 bits per heavy atom. The molecule has 0 saturated carbocycles. The Bertz CT molecular complexity index is 309. The standard InChI is InChI=1S/C8H12N2O2S/c1-3-10-7(8(11)12)6(4-9-10)5-13-2/h4H,3,5H2,1-2H3,(H,11,12). The van der Waals surface area contributed by atoms with Crippen molar-refractivity contribution < 1.29 is 9.90 Å². The number of aromatic nitrogens is 2. The van der Waals surface area contributed by atoms with Crippen LogP contribution in [-0.4, -0.2) is 27.1 Å². The molecule has 0 spiro atoms. The number of hydrogen-bond donors (Lipinski definition) is 1. The lowest BCUT2D eigenvalue weighted by Crippen LogP contribution is -2.10. The number of aryl methyl sites for hydroxylation is 1. The van der Waals surface area contributed by atoms with Crippen molar-refractivity contribution >= 4 is 17.7 Å². The van der Waals surface area contributed by atoms with E-state index in [2.05, 4.69) is 5.10 Å². The fraction of sp³-hybridized carbons (Fsp3) is 0.500. The molecule has 0 aliphatic rings. The van der Waals surface area contributed by atoms with Gasteiger partial charge in [0.05, 0.1) is 6.20 Å². The number of thioether (sulfide) groups is 1. The van der Waals surface area contributed by atoms with Crippen LogP contribution in [0.4, 0.5) is 0 Å². The first-order chi connectivity index (χ1) is 6.20. The van der Waals surface area contributed by atoms with Gasteiger partial charge < -0.3 is 5.11 Å². The first-order valence-electron chi connectivity index (χ1n) is 3.97. The monoisotopic (exact) mass is 200 g/mol. The Kier molecular flexibility index (Phi) is 3.36. The average Bonchev–Trinajstić information content (AvgIpc) is 2.48. The van der Waals surface area contributed by atoms with Gasteiger partial charge in [-0.1, -0.05) is 0 Å². The number of aromatic carboxylic acids is 1. The number of hydrogen-bond acceptors (Lipinski definition) is 3. The van der Waals surface area contributed by atoms with Gasteiger partial charge in [-0.05, 0) is 13.2 Å². The Morgan fingerprint density at radius 1 is 1.77 bits per heavy atom. The number of carbonyl (C=O) groups is 1. The van der Waals surface area contributed by atoms with E-state index in [1.54, 1.807) is 18.0 Å². The van der Waals surface area contributed by atoms with Crippen LogP contribution in [0.5, 0.6) is 0 Å². The maximum Gasteiger partial charge on any atom is 0.354 e. The van der Waals surface area contributed by atoms with Crippen LogP contribution in [0.3, 0.4) is 0 Å². The van der Waals surface area contributed by atoms with Gasteiger partial charge in [-0.3, -0.25) is 4.68 Å². The highest BCUT2D eigenvalue weighted by Crippen LogP contribution is 2.14. The number of nitrogens with zero attached hydrogens (tertiary/aromatic N) is 2. The van der Waals surface area contributed by atoms with Crippen LogP contribution in [0.15, 0.2) is 6.20 Å². The van der Waals surface area contributed by atoms with Crippen molar-refractivity contribution in [2.24, 2.45) is 0 Å². The molecule has 0 unspecified atom stereocenters. The SMILES string of the molecule is CCn1ncc(CSC)c1C(=O)O. The van der Waals surface area contributed by atoms with Crippen molar-refractivity contribution in [1.29, 1.82) is 0 Å². The lowest BCUT2D eigenvalue weighted by molar-refractivity contribution is 0.0682. The van der Waals surface area contributed by atoms with Gasteiger partial charge in [-0.2, -0.15) is 16.9 Å². The third-order valence-electron chi connectivity index (χ3n) is 1.72. The molecule has 0 saturated heterocycles. The molecule has 13 heavy (non-hydrogen) atoms. The van der Waals surface area contributed by atoms with Crippen LogP contribution in [0.25, 0.3) is 0 Å². The molecular formula is C8H12N2O2S. The van der Waals surface area contributed by atoms with Crippen molar-refractivity contribution in [3.8, 4) is 0 Å². The summed E-state index contributed by atoms with van der Waals surface area (Å²) >= 11 is 1.59. The summed E-state index contributed by atoms with van der Waals surface area (Å²) in [5.74, 6) is -0.204. The normalized spacial score (nSPS) is 10.3. The summed E-state index contributed by atoms with van der Waals surface area (Å²) in [6.45, 7) is 2.47. The molecule has 1 N–H and O–H groups in total. The number of carboxylic acids is 1. The topological polar surface area (TPSA) is 55.1 Å². The number of rotatable bonds is 4. The van der Waals surface area contributed by atoms with E-state index in [9.17, 15) is 4.79 Å². The predicted molar refractivity (Wildman–Crippen MR) is 52.1 cm³/mol. The molecule has 5 heteroatoms. The minimum Gasteiger partial charge on any atom is -0.477 e. The minimum absolute atomic E-state index is 0.317. The Hall–Kier alpha value is -0.970. The second-order valence-corrected chi connectivity index (χ2v) is 3.44. The molecule has 0 aliphatic carbocycles. The van der Waals surface area contributed by atoms with E-state index in [1.807, 2.05) is 13.2 Å². The highest BCUT2D eigenvalue weighted by atomic mass is 32.2. The fourth-order valence-electron chi connectivity index (χ4n) is 1.17. The third-order valence-corrected chi connectivity index (χ3v) is 2.32. The molecule has 1 aromatic rings. The van der Waals surface area contributed by atoms with Gasteiger partial charge in [0, 0.05) is 17.9 Å². The second kappa shape index (κ2) is 4.32. The second-order valence-electron chi connectivity index (χ2n) is 2.57. The quantitative estimate of drug-likeness (QED) is 0.799. The summed E-state index contributed by atoms with van der Waals surface area (Å²) in [6.07, 6.45) is 3.57. The maximum atomic E-state index is 10.9. The van der Waals surface area contributed by atoms with E-state index in [1.165, 1.54) is 4.68 Å². The maximum absolute atomic E-state index is 10.9. The molecule has 1 rings (SSSR count). The Labute approximate surface area is 80.9 Å². The van der Waals surface area contributed by atoms with Crippen molar-refractivity contribution in [2.45, 2.75) is 19.2 Å². The highest BCUT2D eigenvalue weighted by Gasteiger charge is 2.15. The van der Waals surface area contributed by atoms with Gasteiger partial charge in [0.2, 0.25) is 0 Å². The van der Waals surface area contributed by atoms with Gasteiger partial charge in [-0.15, -0.1) is 0 Å². The Morgan fingerprint density at radius 2 is 2.46 bits per heavy atom. The van der Waals surface area contributed by atoms with Crippen molar-refractivity contribution in [3.63, 3.8) is 0 Å². The summed E-state index contributed by atoms with van der Waals surface area (Å²) in [5, 5.41) is 12.9. The first-order valence-corrected chi connectivity index (χ1v) is 5.37. The van der Waals surface area contributed by atoms with Crippen molar-refractivity contribution in [1.82, 2.24) is 9.78 Å². The molecule has 0 atom stereocenters. The molecule has 0 amide bonds. The van der Waals surface area contributed by atoms with E-state index in [0.29, 0.717) is 18.0 Å². The van der Waals surface area contributed by atoms with E-state index >= 15 is 0 Å². The minimum atomic E-state index is -0.900. The van der Waals surface area contributed by atoms with Gasteiger partial charge in [0.1, 0.15) is 5.69 Å². The molecule has 0 bridgehead atoms. The van der Waals surface area contributed by atoms with Gasteiger partial charge >= 0.3 is 5.97 Å². The lowest BCUT2D eigenvalue weighted by atomic mass is 10.3. The van der Waals surface area contributed by atoms with Gasteiger partial charge in [-0.25, -0.2) is 4.79 Å². The largest absolute Gasteiger partial charge is 0.477 e. The van der Waals surface area contributed by atoms with E-state index < -0.39 is 5.97 Å². The van der Waals surface area contributed by atoms with E-state index in [0.717, 1.165) is 5.56 Å². The molecule has 0 aliphatic heterocycles. The van der Waals surface area contributed by atoms with E-state index in [-0.39, 0.29) is 0 Å². The van der Waals surface area contributed by atoms with Crippen LogP contribution < -0.4 is 0 Å². The summed E-state index contributed by atoms with van der Waals surface area (Å²) in [6, 6.07) is 0. The summed E-state index contributed by atoms with van der Waals surface area (Å²) in [7, 11) is 0. The van der Waals surface area contributed by atoms with Crippen LogP contribution >= 0.6 is 11.8 Å². The lowest BCUT2D eigenvalue weighted by Gasteiger charge is -2.01. The molecule has 0 fully saturated rings. The van der Waals surface area contributed by atoms with Crippen molar-refractivity contribution in [3.05, 3.63) is 17.5 Å². The fourth-order valence-corrected chi connectivity index (χ4v) is 1.69. The molecule has 0 radical (unpaired) electrons. The molecule has 1 aromatic heterocycles. The molecule has 0 aromatic carbocycles. The zero-order chi connectivity index (χ0) is 9.84. The summed E-state index contributed by atoms with van der Waals surface area (Å²) in [4.78, 5) is 10.9. The average molecular weight is 200 g/mol. The molecule has 72 valence electrons. The summed E-state index contributed by atoms with van der Waals surface area (Å²) in [5.41, 5.74) is 1.11. The van der Waals surface area contributed by atoms with Crippen molar-refractivity contribution in [2.75, 3.05) is 6.26 Å². The molecule has 4 nitrogen and oxygen atoms in total. The highest BCUT2D eigenvalue weighted by molar-refractivity contribution is 7.97. The van der Waals surface area contributed by atoms with Gasteiger partial charge in [0.15, 0.2) is 0 Å². The number of carboxylic acid groups (broad SMARTS) is 1. The van der Waals surface area contributed by atoms with Crippen LogP contribution in [0, 0.1) is 0 Å². The third kappa shape index (κ3) is 2.03. The zero-order valence-corrected chi connectivity index (χ0v) is 8.47. The van der Waals surface area contributed by atoms with Crippen LogP contribution in [0.1, 0.15) is 23.0 Å². The zero-order valence-electron chi connectivity index (χ0n) is 7.65. The molecule has 1 heterocycles. The van der Waals surface area contributed by atoms with Crippen LogP contribution in [-0.2, 0) is 12.3 Å². The smallest absolute Gasteiger partial charge is 0.354 e. The predicted octanol–water partition coefficient (Wildman–Crippen LogP) is 1.46. The van der Waals surface area contributed by atoms with Gasteiger partial charge in [0.25, 0.3) is 0 Å². The Balaban J connectivity index is 3.06. The van der Waals surface area contributed by atoms with E-state index in [4.69, 9.17) is 5.11 Å². The first kappa shape index (κ1) is 10.1. The molecular weight excluding hydrogens is 188 g/mol. The van der Waals surface area contributed by atoms with Crippen LogP contribution in [0.2, 0.25) is 0 Å².